The molecular formula is C26H43BrO. The van der Waals surface area contributed by atoms with Crippen molar-refractivity contribution in [2.75, 3.05) is 5.33 Å². The first-order valence-electron chi connectivity index (χ1n) is 12.4. The number of hydrogen-bond donors (Lipinski definition) is 1. The number of hydrogen-bond acceptors (Lipinski definition) is 1. The van der Waals surface area contributed by atoms with Crippen LogP contribution in [0, 0.1) is 40.9 Å². The van der Waals surface area contributed by atoms with Gasteiger partial charge in [0.15, 0.2) is 0 Å². The van der Waals surface area contributed by atoms with Crippen molar-refractivity contribution in [1.29, 1.82) is 0 Å². The fourth-order valence-corrected chi connectivity index (χ4v) is 8.68. The van der Waals surface area contributed by atoms with E-state index in [0.29, 0.717) is 11.3 Å². The van der Waals surface area contributed by atoms with Crippen LogP contribution in [-0.4, -0.2) is 16.5 Å². The highest BCUT2D eigenvalue weighted by molar-refractivity contribution is 9.09. The lowest BCUT2D eigenvalue weighted by molar-refractivity contribution is 0.00134. The van der Waals surface area contributed by atoms with Gasteiger partial charge in [0, 0.05) is 5.33 Å². The molecule has 7 unspecified atom stereocenters. The summed E-state index contributed by atoms with van der Waals surface area (Å²) in [7, 11) is 0. The molecule has 4 aliphatic rings. The van der Waals surface area contributed by atoms with Crippen molar-refractivity contribution in [2.45, 2.75) is 104 Å². The summed E-state index contributed by atoms with van der Waals surface area (Å²) < 4.78 is 0. The molecule has 0 aliphatic heterocycles. The van der Waals surface area contributed by atoms with Crippen LogP contribution >= 0.6 is 15.9 Å². The van der Waals surface area contributed by atoms with E-state index >= 15 is 0 Å². The molecule has 0 spiro atoms. The second-order valence-corrected chi connectivity index (χ2v) is 12.1. The van der Waals surface area contributed by atoms with Gasteiger partial charge in [0.1, 0.15) is 0 Å². The summed E-state index contributed by atoms with van der Waals surface area (Å²) in [5, 5.41) is 11.4. The normalized spacial score (nSPS) is 43.1. The lowest BCUT2D eigenvalue weighted by Gasteiger charge is -2.54. The van der Waals surface area contributed by atoms with E-state index in [1.165, 1.54) is 64.2 Å². The van der Waals surface area contributed by atoms with Crippen LogP contribution in [0.2, 0.25) is 0 Å². The SMILES string of the molecule is CC(C)CCCCC1CCC2C3CC(CBr)C4=C(CCC(O)C4)C3CCC12C. The Bertz CT molecular complexity index is 581. The molecule has 0 aromatic carbocycles. The Kier molecular flexibility index (Phi) is 6.68. The molecule has 0 heterocycles. The Morgan fingerprint density at radius 3 is 2.68 bits per heavy atom. The van der Waals surface area contributed by atoms with Crippen molar-refractivity contribution in [1.82, 2.24) is 0 Å². The van der Waals surface area contributed by atoms with Crippen molar-refractivity contribution >= 4 is 15.9 Å². The number of aliphatic hydroxyl groups excluding tert-OH is 1. The standard InChI is InChI=1S/C26H43BrO/c1-17(2)6-4-5-7-19-8-11-25-24-14-18(16-27)23-15-20(28)9-10-21(23)22(24)12-13-26(19,25)3/h17-20,22,24-25,28H,4-16H2,1-3H3. The zero-order chi connectivity index (χ0) is 19.9. The smallest absolute Gasteiger partial charge is 0.0580 e. The van der Waals surface area contributed by atoms with Crippen LogP contribution in [0.5, 0.6) is 0 Å². The molecule has 2 saturated carbocycles. The third-order valence-electron chi connectivity index (χ3n) is 9.52. The molecule has 2 heteroatoms. The highest BCUT2D eigenvalue weighted by Crippen LogP contribution is 2.64. The first-order valence-corrected chi connectivity index (χ1v) is 13.5. The molecule has 0 saturated heterocycles. The van der Waals surface area contributed by atoms with Crippen molar-refractivity contribution in [3.05, 3.63) is 11.1 Å². The minimum atomic E-state index is -0.0765. The zero-order valence-corrected chi connectivity index (χ0v) is 20.1. The minimum Gasteiger partial charge on any atom is -0.393 e. The maximum absolute atomic E-state index is 10.3. The van der Waals surface area contributed by atoms with E-state index in [4.69, 9.17) is 0 Å². The minimum absolute atomic E-state index is 0.0765. The molecule has 0 aromatic rings. The summed E-state index contributed by atoms with van der Waals surface area (Å²) in [5.41, 5.74) is 4.10. The summed E-state index contributed by atoms with van der Waals surface area (Å²) in [5.74, 6) is 5.29. The van der Waals surface area contributed by atoms with Gasteiger partial charge < -0.3 is 5.11 Å². The third kappa shape index (κ3) is 3.91. The molecule has 4 rings (SSSR count). The molecule has 1 N–H and O–H groups in total. The molecule has 160 valence electrons. The molecule has 0 bridgehead atoms. The molecule has 0 amide bonds. The number of fused-ring (bicyclic) bond motifs is 4. The molecule has 28 heavy (non-hydrogen) atoms. The van der Waals surface area contributed by atoms with Gasteiger partial charge in [-0.05, 0) is 98.7 Å². The van der Waals surface area contributed by atoms with Crippen LogP contribution in [0.15, 0.2) is 11.1 Å². The quantitative estimate of drug-likeness (QED) is 0.252. The van der Waals surface area contributed by atoms with Crippen LogP contribution in [0.1, 0.15) is 97.8 Å². The van der Waals surface area contributed by atoms with Gasteiger partial charge in [-0.1, -0.05) is 67.1 Å². The van der Waals surface area contributed by atoms with Crippen molar-refractivity contribution in [3.63, 3.8) is 0 Å². The van der Waals surface area contributed by atoms with Crippen LogP contribution in [0.25, 0.3) is 0 Å². The monoisotopic (exact) mass is 450 g/mol. The second kappa shape index (κ2) is 8.74. The average molecular weight is 452 g/mol. The highest BCUT2D eigenvalue weighted by Gasteiger charge is 2.55. The second-order valence-electron chi connectivity index (χ2n) is 11.4. The van der Waals surface area contributed by atoms with Crippen LogP contribution < -0.4 is 0 Å². The molecule has 0 aromatic heterocycles. The molecule has 4 aliphatic carbocycles. The maximum Gasteiger partial charge on any atom is 0.0580 e. The number of alkyl halides is 1. The lowest BCUT2D eigenvalue weighted by atomic mass is 9.51. The van der Waals surface area contributed by atoms with Gasteiger partial charge in [-0.3, -0.25) is 0 Å². The highest BCUT2D eigenvalue weighted by atomic mass is 79.9. The Morgan fingerprint density at radius 1 is 1.11 bits per heavy atom. The van der Waals surface area contributed by atoms with E-state index in [2.05, 4.69) is 36.7 Å². The van der Waals surface area contributed by atoms with Crippen molar-refractivity contribution in [2.24, 2.45) is 40.9 Å². The summed E-state index contributed by atoms with van der Waals surface area (Å²) in [4.78, 5) is 0. The Morgan fingerprint density at radius 2 is 1.93 bits per heavy atom. The number of halogens is 1. The Hall–Kier alpha value is 0.180. The van der Waals surface area contributed by atoms with Gasteiger partial charge in [0.25, 0.3) is 0 Å². The third-order valence-corrected chi connectivity index (χ3v) is 10.3. The van der Waals surface area contributed by atoms with Gasteiger partial charge in [0.05, 0.1) is 6.10 Å². The van der Waals surface area contributed by atoms with E-state index in [-0.39, 0.29) is 6.10 Å². The molecule has 1 nitrogen and oxygen atoms in total. The van der Waals surface area contributed by atoms with E-state index < -0.39 is 0 Å². The number of aliphatic hydroxyl groups is 1. The molecular weight excluding hydrogens is 408 g/mol. The number of allylic oxidation sites excluding steroid dienone is 1. The van der Waals surface area contributed by atoms with Crippen LogP contribution in [-0.2, 0) is 0 Å². The topological polar surface area (TPSA) is 20.2 Å². The summed E-state index contributed by atoms with van der Waals surface area (Å²) in [6.07, 6.45) is 16.2. The number of unbranched alkanes of at least 4 members (excludes halogenated alkanes) is 1. The largest absolute Gasteiger partial charge is 0.393 e. The van der Waals surface area contributed by atoms with Gasteiger partial charge in [-0.2, -0.15) is 0 Å². The van der Waals surface area contributed by atoms with Crippen molar-refractivity contribution < 1.29 is 5.11 Å². The Balaban J connectivity index is 1.48. The summed E-state index contributed by atoms with van der Waals surface area (Å²) in [6, 6.07) is 0. The number of rotatable bonds is 6. The maximum atomic E-state index is 10.3. The molecule has 7 atom stereocenters. The fourth-order valence-electron chi connectivity index (χ4n) is 8.02. The Labute approximate surface area is 182 Å². The van der Waals surface area contributed by atoms with Gasteiger partial charge >= 0.3 is 0 Å². The van der Waals surface area contributed by atoms with Crippen molar-refractivity contribution in [3.8, 4) is 0 Å². The average Bonchev–Trinajstić information content (AvgIpc) is 3.00. The summed E-state index contributed by atoms with van der Waals surface area (Å²) in [6.45, 7) is 7.42. The van der Waals surface area contributed by atoms with Gasteiger partial charge in [-0.25, -0.2) is 0 Å². The van der Waals surface area contributed by atoms with E-state index in [1.54, 1.807) is 5.57 Å². The lowest BCUT2D eigenvalue weighted by Crippen LogP contribution is -2.46. The zero-order valence-electron chi connectivity index (χ0n) is 18.6. The molecule has 2 fully saturated rings. The van der Waals surface area contributed by atoms with E-state index in [1.807, 2.05) is 5.57 Å². The van der Waals surface area contributed by atoms with E-state index in [9.17, 15) is 5.11 Å². The molecule has 0 radical (unpaired) electrons. The first kappa shape index (κ1) is 21.4. The summed E-state index contributed by atoms with van der Waals surface area (Å²) >= 11 is 3.85. The van der Waals surface area contributed by atoms with E-state index in [0.717, 1.165) is 47.8 Å². The van der Waals surface area contributed by atoms with Gasteiger partial charge in [0.2, 0.25) is 0 Å². The van der Waals surface area contributed by atoms with Gasteiger partial charge in [-0.15, -0.1) is 0 Å². The first-order chi connectivity index (χ1) is 13.4. The van der Waals surface area contributed by atoms with Crippen LogP contribution in [0.3, 0.4) is 0 Å². The predicted molar refractivity (Wildman–Crippen MR) is 123 cm³/mol. The predicted octanol–water partition coefficient (Wildman–Crippen LogP) is 7.52. The van der Waals surface area contributed by atoms with Crippen LogP contribution in [0.4, 0.5) is 0 Å². The fraction of sp³-hybridized carbons (Fsp3) is 0.923.